The van der Waals surface area contributed by atoms with Crippen molar-refractivity contribution >= 4 is 46.4 Å². The Balaban J connectivity index is 1.46. The first-order valence-electron chi connectivity index (χ1n) is 14.0. The summed E-state index contributed by atoms with van der Waals surface area (Å²) in [6.07, 6.45) is 9.08. The number of ether oxygens (including phenoxy) is 1. The highest BCUT2D eigenvalue weighted by Crippen LogP contribution is 2.35. The average molecular weight is 620 g/mol. The minimum Gasteiger partial charge on any atom is -0.363 e. The average Bonchev–Trinajstić information content (AvgIpc) is 3.55. The van der Waals surface area contributed by atoms with Gasteiger partial charge in [-0.25, -0.2) is 0 Å². The summed E-state index contributed by atoms with van der Waals surface area (Å²) in [5.74, 6) is -0.294. The second kappa shape index (κ2) is 12.7. The zero-order chi connectivity index (χ0) is 29.1. The molecular formula is C29H36Cl2N6O3S. The number of likely N-dealkylation sites (N-methyl/N-ethyl adjacent to an activating group) is 1. The summed E-state index contributed by atoms with van der Waals surface area (Å²) >= 11 is 13.6. The summed E-state index contributed by atoms with van der Waals surface area (Å²) in [5.41, 5.74) is 0.993. The number of rotatable bonds is 8. The third-order valence-corrected chi connectivity index (χ3v) is 9.52. The second-order valence-corrected chi connectivity index (χ2v) is 12.7. The molecule has 41 heavy (non-hydrogen) atoms. The van der Waals surface area contributed by atoms with Crippen LogP contribution in [-0.4, -0.2) is 90.0 Å². The number of aromatic nitrogens is 1. The number of carbonyl (C=O) groups excluding carboxylic acids is 2. The van der Waals surface area contributed by atoms with Gasteiger partial charge in [-0.05, 0) is 57.6 Å². The molecule has 0 aliphatic carbocycles. The third-order valence-electron chi connectivity index (χ3n) is 7.86. The van der Waals surface area contributed by atoms with Crippen LogP contribution < -0.4 is 10.6 Å². The van der Waals surface area contributed by atoms with E-state index in [2.05, 4.69) is 39.4 Å². The Morgan fingerprint density at radius 3 is 2.71 bits per heavy atom. The lowest BCUT2D eigenvalue weighted by Gasteiger charge is -2.45. The summed E-state index contributed by atoms with van der Waals surface area (Å²) in [6, 6.07) is 5.45. The standard InChI is InChI=1S/C29H36Cl2N6O3S/c1-4-21-18-36(28(39)26-22(30)15-24(31)41-26)13-14-37(21)23-8-10-29(40-5-2,19-7-6-11-32-16-19)34-25(23)27(38)33-20-9-12-35(3)17-20/h6-8,10-11,15-16,20-21,34H,4-5,9,12-14,17-18H2,1-3H3,(H,33,38)/t20-,21-,29?/m1/s1. The van der Waals surface area contributed by atoms with Gasteiger partial charge in [0.2, 0.25) is 0 Å². The number of amides is 2. The van der Waals surface area contributed by atoms with E-state index in [1.807, 2.05) is 36.1 Å². The first-order chi connectivity index (χ1) is 19.7. The van der Waals surface area contributed by atoms with Crippen LogP contribution in [0.4, 0.5) is 0 Å². The number of allylic oxidation sites excluding steroid dienone is 1. The van der Waals surface area contributed by atoms with Gasteiger partial charge in [0, 0.05) is 62.8 Å². The number of thiophene rings is 1. The van der Waals surface area contributed by atoms with Gasteiger partial charge in [0.05, 0.1) is 15.1 Å². The second-order valence-electron chi connectivity index (χ2n) is 10.6. The Morgan fingerprint density at radius 2 is 2.07 bits per heavy atom. The number of dihydropyridines is 1. The summed E-state index contributed by atoms with van der Waals surface area (Å²) in [7, 11) is 2.06. The number of pyridine rings is 1. The van der Waals surface area contributed by atoms with Crippen LogP contribution in [0.2, 0.25) is 9.36 Å². The first-order valence-corrected chi connectivity index (χ1v) is 15.6. The van der Waals surface area contributed by atoms with Crippen LogP contribution in [0.15, 0.2) is 54.1 Å². The maximum absolute atomic E-state index is 14.0. The molecule has 9 nitrogen and oxygen atoms in total. The van der Waals surface area contributed by atoms with E-state index >= 15 is 0 Å². The van der Waals surface area contributed by atoms with E-state index < -0.39 is 5.72 Å². The van der Waals surface area contributed by atoms with Gasteiger partial charge < -0.3 is 30.1 Å². The number of carbonyl (C=O) groups is 2. The molecule has 2 aromatic rings. The predicted octanol–water partition coefficient (Wildman–Crippen LogP) is 4.07. The third kappa shape index (κ3) is 6.27. The molecule has 5 heterocycles. The molecule has 2 fully saturated rings. The Bertz CT molecular complexity index is 1340. The summed E-state index contributed by atoms with van der Waals surface area (Å²) in [5, 5.41) is 7.11. The monoisotopic (exact) mass is 618 g/mol. The number of nitrogens with zero attached hydrogens (tertiary/aromatic N) is 4. The quantitative estimate of drug-likeness (QED) is 0.461. The molecular weight excluding hydrogens is 583 g/mol. The van der Waals surface area contributed by atoms with Crippen LogP contribution in [-0.2, 0) is 15.3 Å². The van der Waals surface area contributed by atoms with Gasteiger partial charge in [0.15, 0.2) is 5.72 Å². The molecule has 0 bridgehead atoms. The molecule has 2 amide bonds. The van der Waals surface area contributed by atoms with E-state index in [9.17, 15) is 9.59 Å². The maximum atomic E-state index is 14.0. The van der Waals surface area contributed by atoms with E-state index in [1.54, 1.807) is 18.5 Å². The first kappa shape index (κ1) is 29.8. The normalized spacial score (nSPS) is 25.0. The molecule has 5 rings (SSSR count). The number of halogens is 2. The highest BCUT2D eigenvalue weighted by molar-refractivity contribution is 7.18. The molecule has 2 saturated heterocycles. The molecule has 2 N–H and O–H groups in total. The lowest BCUT2D eigenvalue weighted by molar-refractivity contribution is -0.120. The largest absolute Gasteiger partial charge is 0.363 e. The van der Waals surface area contributed by atoms with Crippen LogP contribution in [0.1, 0.15) is 41.9 Å². The molecule has 3 atom stereocenters. The van der Waals surface area contributed by atoms with Gasteiger partial charge in [-0.1, -0.05) is 36.2 Å². The topological polar surface area (TPSA) is 90.0 Å². The number of nitrogens with one attached hydrogen (secondary N) is 2. The Kier molecular flexibility index (Phi) is 9.25. The Hall–Kier alpha value is -2.63. The number of piperazine rings is 1. The van der Waals surface area contributed by atoms with Gasteiger partial charge in [0.25, 0.3) is 11.8 Å². The Morgan fingerprint density at radius 1 is 1.24 bits per heavy atom. The smallest absolute Gasteiger partial charge is 0.269 e. The van der Waals surface area contributed by atoms with Crippen molar-refractivity contribution < 1.29 is 14.3 Å². The summed E-state index contributed by atoms with van der Waals surface area (Å²) in [4.78, 5) is 38.3. The minimum absolute atomic E-state index is 0.0123. The van der Waals surface area contributed by atoms with Crippen molar-refractivity contribution in [3.05, 3.63) is 73.9 Å². The molecule has 2 aromatic heterocycles. The Labute approximate surface area is 255 Å². The van der Waals surface area contributed by atoms with Gasteiger partial charge in [0.1, 0.15) is 10.6 Å². The van der Waals surface area contributed by atoms with Crippen LogP contribution in [0.25, 0.3) is 0 Å². The molecule has 0 spiro atoms. The van der Waals surface area contributed by atoms with Gasteiger partial charge in [-0.3, -0.25) is 14.6 Å². The van der Waals surface area contributed by atoms with E-state index in [1.165, 1.54) is 11.3 Å². The number of hydrogen-bond donors (Lipinski definition) is 2. The highest BCUT2D eigenvalue weighted by atomic mass is 35.5. The lowest BCUT2D eigenvalue weighted by atomic mass is 9.97. The number of likely N-dealkylation sites (tertiary alicyclic amines) is 1. The van der Waals surface area contributed by atoms with Crippen molar-refractivity contribution in [2.75, 3.05) is 46.4 Å². The van der Waals surface area contributed by atoms with E-state index in [0.29, 0.717) is 46.2 Å². The molecule has 0 aromatic carbocycles. The molecule has 0 saturated carbocycles. The van der Waals surface area contributed by atoms with Crippen molar-refractivity contribution in [2.24, 2.45) is 0 Å². The SMILES string of the molecule is CCOC1(c2cccnc2)C=CC(N2CCN(C(=O)c3sc(Cl)cc3Cl)C[C@H]2CC)=C(C(=O)N[C@@H]2CCN(C)C2)N1. The van der Waals surface area contributed by atoms with Gasteiger partial charge in [-0.15, -0.1) is 11.3 Å². The van der Waals surface area contributed by atoms with E-state index in [0.717, 1.165) is 37.2 Å². The molecule has 3 aliphatic heterocycles. The van der Waals surface area contributed by atoms with Crippen LogP contribution >= 0.6 is 34.5 Å². The molecule has 220 valence electrons. The van der Waals surface area contributed by atoms with Crippen LogP contribution in [0, 0.1) is 0 Å². The predicted molar refractivity (Wildman–Crippen MR) is 162 cm³/mol. The highest BCUT2D eigenvalue weighted by Gasteiger charge is 2.40. The maximum Gasteiger partial charge on any atom is 0.269 e. The zero-order valence-corrected chi connectivity index (χ0v) is 25.9. The summed E-state index contributed by atoms with van der Waals surface area (Å²) < 4.78 is 6.76. The van der Waals surface area contributed by atoms with E-state index in [4.69, 9.17) is 27.9 Å². The van der Waals surface area contributed by atoms with Crippen molar-refractivity contribution in [2.45, 2.75) is 44.5 Å². The summed E-state index contributed by atoms with van der Waals surface area (Å²) in [6.45, 7) is 7.73. The minimum atomic E-state index is -1.04. The van der Waals surface area contributed by atoms with Crippen molar-refractivity contribution in [3.8, 4) is 0 Å². The lowest BCUT2D eigenvalue weighted by Crippen LogP contribution is -2.56. The molecule has 3 aliphatic rings. The fraction of sp³-hybridized carbons (Fsp3) is 0.483. The van der Waals surface area contributed by atoms with Crippen molar-refractivity contribution in [1.82, 2.24) is 30.3 Å². The van der Waals surface area contributed by atoms with Crippen molar-refractivity contribution in [3.63, 3.8) is 0 Å². The fourth-order valence-corrected chi connectivity index (χ4v) is 7.29. The molecule has 0 radical (unpaired) electrons. The van der Waals surface area contributed by atoms with Gasteiger partial charge in [-0.2, -0.15) is 0 Å². The van der Waals surface area contributed by atoms with Gasteiger partial charge >= 0.3 is 0 Å². The van der Waals surface area contributed by atoms with Crippen LogP contribution in [0.5, 0.6) is 0 Å². The molecule has 1 unspecified atom stereocenters. The van der Waals surface area contributed by atoms with Crippen molar-refractivity contribution in [1.29, 1.82) is 0 Å². The zero-order valence-electron chi connectivity index (χ0n) is 23.5. The fourth-order valence-electron chi connectivity index (χ4n) is 5.78. The van der Waals surface area contributed by atoms with Crippen LogP contribution in [0.3, 0.4) is 0 Å². The number of hydrogen-bond acceptors (Lipinski definition) is 8. The van der Waals surface area contributed by atoms with E-state index in [-0.39, 0.29) is 23.9 Å². The molecule has 12 heteroatoms.